The van der Waals surface area contributed by atoms with E-state index in [9.17, 15) is 0 Å². The standard InChI is InChI=1S/C18H14N2O3/c1-21-17-9-14-15(10-18(17)22-2)20-7-6-16(14)23-13-5-3-4-12(8-13)11-19/h3-10H,1-2H3. The van der Waals surface area contributed by atoms with Crippen molar-refractivity contribution in [2.45, 2.75) is 0 Å². The molecule has 0 N–H and O–H groups in total. The molecule has 3 aromatic rings. The first kappa shape index (κ1) is 14.7. The van der Waals surface area contributed by atoms with E-state index in [0.717, 1.165) is 10.9 Å². The molecule has 1 aromatic heterocycles. The fourth-order valence-corrected chi connectivity index (χ4v) is 2.29. The lowest BCUT2D eigenvalue weighted by Crippen LogP contribution is -1.93. The monoisotopic (exact) mass is 306 g/mol. The van der Waals surface area contributed by atoms with E-state index in [4.69, 9.17) is 19.5 Å². The second kappa shape index (κ2) is 6.24. The Labute approximate surface area is 133 Å². The minimum absolute atomic E-state index is 0.542. The highest BCUT2D eigenvalue weighted by Gasteiger charge is 2.11. The van der Waals surface area contributed by atoms with Gasteiger partial charge in [0, 0.05) is 17.6 Å². The van der Waals surface area contributed by atoms with Gasteiger partial charge in [-0.2, -0.15) is 5.26 Å². The van der Waals surface area contributed by atoms with Crippen molar-refractivity contribution in [3.05, 3.63) is 54.2 Å². The molecule has 0 bridgehead atoms. The normalized spacial score (nSPS) is 10.1. The van der Waals surface area contributed by atoms with Crippen molar-refractivity contribution >= 4 is 10.9 Å². The van der Waals surface area contributed by atoms with Crippen LogP contribution in [0.4, 0.5) is 0 Å². The first-order valence-electron chi connectivity index (χ1n) is 6.94. The van der Waals surface area contributed by atoms with Crippen molar-refractivity contribution in [1.29, 1.82) is 5.26 Å². The Morgan fingerprint density at radius 2 is 1.74 bits per heavy atom. The fraction of sp³-hybridized carbons (Fsp3) is 0.111. The van der Waals surface area contributed by atoms with Crippen molar-refractivity contribution in [3.63, 3.8) is 0 Å². The predicted octanol–water partition coefficient (Wildman–Crippen LogP) is 3.92. The third-order valence-corrected chi connectivity index (χ3v) is 3.40. The summed E-state index contributed by atoms with van der Waals surface area (Å²) in [7, 11) is 3.16. The molecule has 0 aliphatic carbocycles. The molecule has 0 spiro atoms. The SMILES string of the molecule is COc1cc2nccc(Oc3cccc(C#N)c3)c2cc1OC. The predicted molar refractivity (Wildman–Crippen MR) is 86.1 cm³/mol. The maximum atomic E-state index is 8.98. The molecule has 0 saturated carbocycles. The molecule has 0 radical (unpaired) electrons. The zero-order valence-electron chi connectivity index (χ0n) is 12.7. The molecule has 5 heteroatoms. The summed E-state index contributed by atoms with van der Waals surface area (Å²) in [4.78, 5) is 4.33. The average molecular weight is 306 g/mol. The Morgan fingerprint density at radius 1 is 0.957 bits per heavy atom. The van der Waals surface area contributed by atoms with Gasteiger partial charge in [0.2, 0.25) is 0 Å². The molecule has 114 valence electrons. The smallest absolute Gasteiger partial charge is 0.162 e. The highest BCUT2D eigenvalue weighted by atomic mass is 16.5. The third kappa shape index (κ3) is 2.87. The Kier molecular flexibility index (Phi) is 3.98. The molecule has 3 rings (SSSR count). The molecule has 2 aromatic carbocycles. The average Bonchev–Trinajstić information content (AvgIpc) is 2.61. The van der Waals surface area contributed by atoms with E-state index >= 15 is 0 Å². The van der Waals surface area contributed by atoms with Crippen LogP contribution in [0, 0.1) is 11.3 Å². The van der Waals surface area contributed by atoms with Gasteiger partial charge in [-0.05, 0) is 30.3 Å². The van der Waals surface area contributed by atoms with Gasteiger partial charge in [-0.25, -0.2) is 0 Å². The van der Waals surface area contributed by atoms with Crippen LogP contribution in [0.3, 0.4) is 0 Å². The van der Waals surface area contributed by atoms with Gasteiger partial charge in [-0.15, -0.1) is 0 Å². The van der Waals surface area contributed by atoms with Gasteiger partial charge in [-0.1, -0.05) is 6.07 Å². The van der Waals surface area contributed by atoms with Crippen LogP contribution < -0.4 is 14.2 Å². The number of aromatic nitrogens is 1. The number of nitriles is 1. The number of benzene rings is 2. The lowest BCUT2D eigenvalue weighted by molar-refractivity contribution is 0.355. The second-order valence-corrected chi connectivity index (χ2v) is 4.78. The largest absolute Gasteiger partial charge is 0.493 e. The molecule has 0 fully saturated rings. The van der Waals surface area contributed by atoms with Crippen LogP contribution >= 0.6 is 0 Å². The van der Waals surface area contributed by atoms with Crippen molar-refractivity contribution in [3.8, 4) is 29.1 Å². The second-order valence-electron chi connectivity index (χ2n) is 4.78. The van der Waals surface area contributed by atoms with Crippen LogP contribution in [0.15, 0.2) is 48.7 Å². The van der Waals surface area contributed by atoms with E-state index in [1.807, 2.05) is 6.07 Å². The summed E-state index contributed by atoms with van der Waals surface area (Å²) in [5, 5.41) is 9.78. The summed E-state index contributed by atoms with van der Waals surface area (Å²) in [6.07, 6.45) is 1.66. The topological polar surface area (TPSA) is 64.4 Å². The quantitative estimate of drug-likeness (QED) is 0.731. The molecule has 0 unspecified atom stereocenters. The number of ether oxygens (including phenoxy) is 3. The fourth-order valence-electron chi connectivity index (χ4n) is 2.29. The van der Waals surface area contributed by atoms with E-state index in [2.05, 4.69) is 11.1 Å². The molecule has 0 amide bonds. The minimum Gasteiger partial charge on any atom is -0.493 e. The number of nitrogens with zero attached hydrogens (tertiary/aromatic N) is 2. The molecule has 0 aliphatic heterocycles. The van der Waals surface area contributed by atoms with Gasteiger partial charge in [0.25, 0.3) is 0 Å². The number of hydrogen-bond donors (Lipinski definition) is 0. The molecule has 0 saturated heterocycles. The number of methoxy groups -OCH3 is 2. The lowest BCUT2D eigenvalue weighted by Gasteiger charge is -2.12. The number of hydrogen-bond acceptors (Lipinski definition) is 5. The number of rotatable bonds is 4. The van der Waals surface area contributed by atoms with Gasteiger partial charge in [-0.3, -0.25) is 4.98 Å². The maximum Gasteiger partial charge on any atom is 0.162 e. The summed E-state index contributed by atoms with van der Waals surface area (Å²) >= 11 is 0. The first-order valence-corrected chi connectivity index (χ1v) is 6.94. The van der Waals surface area contributed by atoms with Crippen molar-refractivity contribution in [2.75, 3.05) is 14.2 Å². The molecule has 0 aliphatic rings. The molecule has 0 atom stereocenters. The third-order valence-electron chi connectivity index (χ3n) is 3.40. The van der Waals surface area contributed by atoms with E-state index in [-0.39, 0.29) is 0 Å². The molecular formula is C18H14N2O3. The Bertz CT molecular complexity index is 900. The molecule has 23 heavy (non-hydrogen) atoms. The van der Waals surface area contributed by atoms with Crippen LogP contribution in [0.2, 0.25) is 0 Å². The van der Waals surface area contributed by atoms with Gasteiger partial charge >= 0.3 is 0 Å². The van der Waals surface area contributed by atoms with E-state index < -0.39 is 0 Å². The van der Waals surface area contributed by atoms with Crippen molar-refractivity contribution < 1.29 is 14.2 Å². The van der Waals surface area contributed by atoms with Crippen LogP contribution in [0.1, 0.15) is 5.56 Å². The van der Waals surface area contributed by atoms with Crippen LogP contribution in [0.25, 0.3) is 10.9 Å². The first-order chi connectivity index (χ1) is 11.2. The number of fused-ring (bicyclic) bond motifs is 1. The van der Waals surface area contributed by atoms with Crippen molar-refractivity contribution in [1.82, 2.24) is 4.98 Å². The zero-order chi connectivity index (χ0) is 16.2. The van der Waals surface area contributed by atoms with Gasteiger partial charge in [0.05, 0.1) is 31.4 Å². The van der Waals surface area contributed by atoms with E-state index in [0.29, 0.717) is 28.6 Å². The van der Waals surface area contributed by atoms with Gasteiger partial charge in [0.15, 0.2) is 11.5 Å². The van der Waals surface area contributed by atoms with E-state index in [1.54, 1.807) is 56.8 Å². The summed E-state index contributed by atoms with van der Waals surface area (Å²) in [6.45, 7) is 0. The maximum absolute atomic E-state index is 8.98. The van der Waals surface area contributed by atoms with Gasteiger partial charge in [0.1, 0.15) is 11.5 Å². The minimum atomic E-state index is 0.542. The molecule has 1 heterocycles. The van der Waals surface area contributed by atoms with Gasteiger partial charge < -0.3 is 14.2 Å². The Morgan fingerprint density at radius 3 is 2.48 bits per heavy atom. The van der Waals surface area contributed by atoms with E-state index in [1.165, 1.54) is 0 Å². The van der Waals surface area contributed by atoms with Crippen LogP contribution in [-0.4, -0.2) is 19.2 Å². The van der Waals surface area contributed by atoms with Crippen molar-refractivity contribution in [2.24, 2.45) is 0 Å². The zero-order valence-corrected chi connectivity index (χ0v) is 12.7. The molecular weight excluding hydrogens is 292 g/mol. The highest BCUT2D eigenvalue weighted by molar-refractivity contribution is 5.88. The summed E-state index contributed by atoms with van der Waals surface area (Å²) in [6, 6.07) is 14.5. The summed E-state index contributed by atoms with van der Waals surface area (Å²) in [5.41, 5.74) is 1.27. The lowest BCUT2D eigenvalue weighted by atomic mass is 10.1. The number of pyridine rings is 1. The highest BCUT2D eigenvalue weighted by Crippen LogP contribution is 2.36. The Balaban J connectivity index is 2.08. The molecule has 5 nitrogen and oxygen atoms in total. The summed E-state index contributed by atoms with van der Waals surface area (Å²) < 4.78 is 16.5. The summed E-state index contributed by atoms with van der Waals surface area (Å²) in [5.74, 6) is 2.43. The van der Waals surface area contributed by atoms with Crippen LogP contribution in [-0.2, 0) is 0 Å². The Hall–Kier alpha value is -3.26. The van der Waals surface area contributed by atoms with Crippen LogP contribution in [0.5, 0.6) is 23.0 Å².